The van der Waals surface area contributed by atoms with Crippen molar-refractivity contribution in [2.45, 2.75) is 33.2 Å². The molecular weight excluding hydrogens is 310 g/mol. The van der Waals surface area contributed by atoms with Gasteiger partial charge in [0.25, 0.3) is 5.91 Å². The Morgan fingerprint density at radius 1 is 1.20 bits per heavy atom. The van der Waals surface area contributed by atoms with Crippen molar-refractivity contribution in [3.05, 3.63) is 65.2 Å². The molecule has 0 spiro atoms. The van der Waals surface area contributed by atoms with Gasteiger partial charge in [0.1, 0.15) is 6.04 Å². The summed E-state index contributed by atoms with van der Waals surface area (Å²) in [5, 5.41) is 13.9. The van der Waals surface area contributed by atoms with Crippen LogP contribution in [0.4, 0.5) is 5.69 Å². The van der Waals surface area contributed by atoms with Gasteiger partial charge in [0, 0.05) is 17.2 Å². The molecule has 2 aromatic rings. The van der Waals surface area contributed by atoms with Gasteiger partial charge in [0.05, 0.1) is 11.6 Å². The molecule has 130 valence electrons. The van der Waals surface area contributed by atoms with E-state index in [2.05, 4.69) is 61.7 Å². The van der Waals surface area contributed by atoms with Crippen LogP contribution >= 0.6 is 0 Å². The number of amides is 1. The second-order valence-corrected chi connectivity index (χ2v) is 6.55. The molecule has 4 nitrogen and oxygen atoms in total. The van der Waals surface area contributed by atoms with Gasteiger partial charge in [-0.2, -0.15) is 5.26 Å². The van der Waals surface area contributed by atoms with E-state index in [4.69, 9.17) is 5.26 Å². The topological polar surface area (TPSA) is 69.5 Å². The highest BCUT2D eigenvalue weighted by atomic mass is 16.1. The number of benzene rings is 2. The zero-order chi connectivity index (χ0) is 18.2. The van der Waals surface area contributed by atoms with E-state index in [1.807, 2.05) is 0 Å². The molecule has 0 saturated carbocycles. The summed E-state index contributed by atoms with van der Waals surface area (Å²) in [4.78, 5) is 12.2. The van der Waals surface area contributed by atoms with Crippen molar-refractivity contribution < 1.29 is 10.1 Å². The number of nitriles is 1. The van der Waals surface area contributed by atoms with E-state index >= 15 is 0 Å². The number of aryl methyl sites for hydroxylation is 1. The Kier molecular flexibility index (Phi) is 6.73. The van der Waals surface area contributed by atoms with Gasteiger partial charge in [0.2, 0.25) is 0 Å². The summed E-state index contributed by atoms with van der Waals surface area (Å²) >= 11 is 0. The lowest BCUT2D eigenvalue weighted by molar-refractivity contribution is -0.692. The number of quaternary nitrogens is 1. The van der Waals surface area contributed by atoms with Crippen molar-refractivity contribution in [2.24, 2.45) is 5.92 Å². The molecule has 0 aliphatic carbocycles. The molecule has 0 heterocycles. The monoisotopic (exact) mass is 336 g/mol. The Balaban J connectivity index is 1.98. The molecule has 25 heavy (non-hydrogen) atoms. The summed E-state index contributed by atoms with van der Waals surface area (Å²) in [5.41, 5.74) is 3.76. The first-order valence-corrected chi connectivity index (χ1v) is 8.75. The van der Waals surface area contributed by atoms with Crippen molar-refractivity contribution in [3.63, 3.8) is 0 Å². The maximum Gasteiger partial charge on any atom is 0.279 e. The summed E-state index contributed by atoms with van der Waals surface area (Å²) in [6.45, 7) is 6.83. The van der Waals surface area contributed by atoms with Crippen LogP contribution in [0.5, 0.6) is 0 Å². The van der Waals surface area contributed by atoms with Crippen LogP contribution in [0.25, 0.3) is 0 Å². The lowest BCUT2D eigenvalue weighted by Gasteiger charge is -2.20. The van der Waals surface area contributed by atoms with Gasteiger partial charge < -0.3 is 10.6 Å². The summed E-state index contributed by atoms with van der Waals surface area (Å²) in [5.74, 6) is 0.355. The molecule has 0 aromatic heterocycles. The van der Waals surface area contributed by atoms with Crippen LogP contribution in [0.15, 0.2) is 48.5 Å². The molecule has 4 heteroatoms. The Labute approximate surface area is 149 Å². The van der Waals surface area contributed by atoms with E-state index in [1.165, 1.54) is 11.1 Å². The number of hydrogen-bond acceptors (Lipinski definition) is 2. The minimum Gasteiger partial charge on any atom is -0.332 e. The number of rotatable bonds is 7. The third-order valence-electron chi connectivity index (χ3n) is 4.32. The highest BCUT2D eigenvalue weighted by Gasteiger charge is 2.20. The second kappa shape index (κ2) is 9.00. The number of carbonyl (C=O) groups is 1. The van der Waals surface area contributed by atoms with Crippen LogP contribution in [0.2, 0.25) is 0 Å². The number of nitrogens with one attached hydrogen (secondary N) is 1. The molecule has 0 aliphatic heterocycles. The zero-order valence-electron chi connectivity index (χ0n) is 15.1. The molecule has 3 N–H and O–H groups in total. The van der Waals surface area contributed by atoms with Gasteiger partial charge in [-0.25, -0.2) is 0 Å². The molecule has 2 rings (SSSR count). The van der Waals surface area contributed by atoms with Crippen LogP contribution in [0.3, 0.4) is 0 Å². The van der Waals surface area contributed by atoms with Crippen molar-refractivity contribution in [1.29, 1.82) is 5.26 Å². The van der Waals surface area contributed by atoms with Crippen molar-refractivity contribution >= 4 is 11.6 Å². The van der Waals surface area contributed by atoms with Crippen LogP contribution in [0.1, 0.15) is 43.5 Å². The fourth-order valence-electron chi connectivity index (χ4n) is 2.88. The first kappa shape index (κ1) is 18.7. The molecule has 0 radical (unpaired) electrons. The number of hydrogen-bond donors (Lipinski definition) is 2. The van der Waals surface area contributed by atoms with Crippen molar-refractivity contribution in [3.8, 4) is 6.07 Å². The molecule has 1 atom stereocenters. The fourth-order valence-corrected chi connectivity index (χ4v) is 2.88. The standard InChI is InChI=1S/C21H25N3O/c1-4-16-8-10-18(11-9-16)21(15(2)3)23-14-20(25)24-19-7-5-6-17(12-19)13-22/h5-12,15,21,23H,4,14H2,1-3H3,(H,24,25)/p+1/t21-/m0/s1. The number of anilines is 1. The van der Waals surface area contributed by atoms with Crippen LogP contribution in [-0.4, -0.2) is 12.5 Å². The third-order valence-corrected chi connectivity index (χ3v) is 4.32. The normalized spacial score (nSPS) is 11.8. The maximum atomic E-state index is 12.2. The van der Waals surface area contributed by atoms with Gasteiger partial charge in [-0.3, -0.25) is 4.79 Å². The number of nitrogens with two attached hydrogens (primary N) is 1. The molecular formula is C21H26N3O+. The van der Waals surface area contributed by atoms with Crippen LogP contribution in [0, 0.1) is 17.2 Å². The Bertz CT molecular complexity index is 744. The molecule has 0 saturated heterocycles. The van der Waals surface area contributed by atoms with Gasteiger partial charge in [-0.1, -0.05) is 51.1 Å². The Morgan fingerprint density at radius 2 is 1.92 bits per heavy atom. The lowest BCUT2D eigenvalue weighted by Crippen LogP contribution is -2.88. The van der Waals surface area contributed by atoms with Crippen molar-refractivity contribution in [2.75, 3.05) is 11.9 Å². The predicted molar refractivity (Wildman–Crippen MR) is 100.0 cm³/mol. The molecule has 0 bridgehead atoms. The minimum atomic E-state index is -0.0640. The lowest BCUT2D eigenvalue weighted by atomic mass is 9.95. The third kappa shape index (κ3) is 5.44. The van der Waals surface area contributed by atoms with E-state index in [0.29, 0.717) is 23.7 Å². The average molecular weight is 336 g/mol. The van der Waals surface area contributed by atoms with E-state index < -0.39 is 0 Å². The Hall–Kier alpha value is -2.64. The molecule has 0 aliphatic rings. The van der Waals surface area contributed by atoms with Crippen molar-refractivity contribution in [1.82, 2.24) is 0 Å². The predicted octanol–water partition coefficient (Wildman–Crippen LogP) is 3.02. The Morgan fingerprint density at radius 3 is 2.52 bits per heavy atom. The number of carbonyl (C=O) groups excluding carboxylic acids is 1. The summed E-state index contributed by atoms with van der Waals surface area (Å²) in [6, 6.07) is 17.9. The van der Waals surface area contributed by atoms with E-state index in [9.17, 15) is 4.79 Å². The quantitative estimate of drug-likeness (QED) is 0.816. The highest BCUT2D eigenvalue weighted by molar-refractivity contribution is 5.91. The minimum absolute atomic E-state index is 0.0640. The highest BCUT2D eigenvalue weighted by Crippen LogP contribution is 2.18. The first-order valence-electron chi connectivity index (χ1n) is 8.75. The first-order chi connectivity index (χ1) is 12.0. The average Bonchev–Trinajstić information content (AvgIpc) is 2.62. The fraction of sp³-hybridized carbons (Fsp3) is 0.333. The van der Waals surface area contributed by atoms with E-state index in [1.54, 1.807) is 24.3 Å². The smallest absolute Gasteiger partial charge is 0.279 e. The second-order valence-electron chi connectivity index (χ2n) is 6.55. The van der Waals surface area contributed by atoms with Gasteiger partial charge in [-0.15, -0.1) is 0 Å². The summed E-state index contributed by atoms with van der Waals surface area (Å²) in [6.07, 6.45) is 1.03. The van der Waals surface area contributed by atoms with Gasteiger partial charge in [0.15, 0.2) is 6.54 Å². The largest absolute Gasteiger partial charge is 0.332 e. The molecule has 2 aromatic carbocycles. The van der Waals surface area contributed by atoms with Crippen LogP contribution in [-0.2, 0) is 11.2 Å². The molecule has 0 fully saturated rings. The molecule has 0 unspecified atom stereocenters. The van der Waals surface area contributed by atoms with Gasteiger partial charge >= 0.3 is 0 Å². The SMILES string of the molecule is CCc1ccc([C@@H]([NH2+]CC(=O)Nc2cccc(C#N)c2)C(C)C)cc1. The molecule has 1 amide bonds. The summed E-state index contributed by atoms with van der Waals surface area (Å²) in [7, 11) is 0. The maximum absolute atomic E-state index is 12.2. The van der Waals surface area contributed by atoms with Crippen LogP contribution < -0.4 is 10.6 Å². The zero-order valence-corrected chi connectivity index (χ0v) is 15.1. The van der Waals surface area contributed by atoms with Gasteiger partial charge in [-0.05, 0) is 30.2 Å². The van der Waals surface area contributed by atoms with E-state index in [-0.39, 0.29) is 11.9 Å². The summed E-state index contributed by atoms with van der Waals surface area (Å²) < 4.78 is 0. The number of nitrogens with zero attached hydrogens (tertiary/aromatic N) is 1. The van der Waals surface area contributed by atoms with E-state index in [0.717, 1.165) is 6.42 Å².